The van der Waals surface area contributed by atoms with Gasteiger partial charge in [-0.3, -0.25) is 14.5 Å². The molecule has 1 amide bonds. The molecule has 0 saturated heterocycles. The number of benzene rings is 2. The van der Waals surface area contributed by atoms with Gasteiger partial charge in [-0.25, -0.2) is 13.2 Å². The number of pyridine rings is 1. The van der Waals surface area contributed by atoms with Crippen molar-refractivity contribution in [3.8, 4) is 5.75 Å². The van der Waals surface area contributed by atoms with Crippen LogP contribution in [0.15, 0.2) is 60.8 Å². The first-order valence-corrected chi connectivity index (χ1v) is 10.9. The minimum atomic E-state index is -1.27. The molecule has 6 nitrogen and oxygen atoms in total. The molecule has 2 heterocycles. The van der Waals surface area contributed by atoms with Gasteiger partial charge in [0.05, 0.1) is 18.8 Å². The van der Waals surface area contributed by atoms with Crippen molar-refractivity contribution >= 4 is 17.5 Å². The van der Waals surface area contributed by atoms with Gasteiger partial charge in [-0.2, -0.15) is 5.10 Å². The summed E-state index contributed by atoms with van der Waals surface area (Å²) < 4.78 is 48.0. The van der Waals surface area contributed by atoms with Crippen LogP contribution in [0.2, 0.25) is 5.02 Å². The maximum Gasteiger partial charge on any atom is 0.272 e. The monoisotopic (exact) mass is 500 g/mol. The van der Waals surface area contributed by atoms with Gasteiger partial charge in [-0.05, 0) is 49.4 Å². The summed E-state index contributed by atoms with van der Waals surface area (Å²) in [6.45, 7) is 1.94. The Hall–Kier alpha value is -3.85. The molecule has 0 unspecified atom stereocenters. The zero-order valence-corrected chi connectivity index (χ0v) is 19.3. The fourth-order valence-corrected chi connectivity index (χ4v) is 3.54. The van der Waals surface area contributed by atoms with E-state index in [0.717, 1.165) is 11.8 Å². The summed E-state index contributed by atoms with van der Waals surface area (Å²) in [5.74, 6) is -3.35. The Labute approximate surface area is 204 Å². The summed E-state index contributed by atoms with van der Waals surface area (Å²) in [6, 6.07) is 13.1. The normalized spacial score (nSPS) is 10.9. The number of hydrogen-bond donors (Lipinski definition) is 1. The second kappa shape index (κ2) is 10.6. The summed E-state index contributed by atoms with van der Waals surface area (Å²) in [5.41, 5.74) is 2.13. The molecule has 0 saturated carbocycles. The third-order valence-electron chi connectivity index (χ3n) is 5.19. The minimum Gasteiger partial charge on any atom is -0.488 e. The molecule has 0 spiro atoms. The van der Waals surface area contributed by atoms with Gasteiger partial charge >= 0.3 is 0 Å². The molecule has 0 fully saturated rings. The molecule has 35 heavy (non-hydrogen) atoms. The second-order valence-electron chi connectivity index (χ2n) is 7.73. The van der Waals surface area contributed by atoms with Crippen molar-refractivity contribution in [1.82, 2.24) is 20.1 Å². The van der Waals surface area contributed by atoms with E-state index in [0.29, 0.717) is 28.1 Å². The van der Waals surface area contributed by atoms with E-state index in [1.165, 1.54) is 0 Å². The summed E-state index contributed by atoms with van der Waals surface area (Å²) in [4.78, 5) is 16.7. The Morgan fingerprint density at radius 1 is 1.03 bits per heavy atom. The zero-order valence-electron chi connectivity index (χ0n) is 18.6. The van der Waals surface area contributed by atoms with Crippen molar-refractivity contribution in [1.29, 1.82) is 0 Å². The standard InChI is InChI=1S/C25H20ClF3N4O2/c1-15-8-23(25(34)31-12-19-4-2-3-7-30-19)32-33(15)13-16-9-18(26)5-6-24(16)35-14-17-10-21(28)22(29)11-20(17)27/h2-11H,12-14H2,1H3,(H,31,34). The van der Waals surface area contributed by atoms with Crippen LogP contribution in [0, 0.1) is 24.4 Å². The van der Waals surface area contributed by atoms with Crippen LogP contribution >= 0.6 is 11.6 Å². The number of rotatable bonds is 8. The van der Waals surface area contributed by atoms with Gasteiger partial charge in [0.25, 0.3) is 5.91 Å². The quantitative estimate of drug-likeness (QED) is 0.337. The number of aryl methyl sites for hydroxylation is 1. The maximum atomic E-state index is 14.0. The molecule has 0 aliphatic heterocycles. The summed E-state index contributed by atoms with van der Waals surface area (Å²) in [5, 5.41) is 7.59. The van der Waals surface area contributed by atoms with Crippen molar-refractivity contribution in [2.24, 2.45) is 0 Å². The van der Waals surface area contributed by atoms with Gasteiger partial charge in [-0.15, -0.1) is 0 Å². The largest absolute Gasteiger partial charge is 0.488 e. The molecule has 10 heteroatoms. The lowest BCUT2D eigenvalue weighted by atomic mass is 10.2. The second-order valence-corrected chi connectivity index (χ2v) is 8.17. The van der Waals surface area contributed by atoms with Gasteiger partial charge < -0.3 is 10.1 Å². The average molecular weight is 501 g/mol. The Morgan fingerprint density at radius 3 is 2.60 bits per heavy atom. The number of hydrogen-bond acceptors (Lipinski definition) is 4. The maximum absolute atomic E-state index is 14.0. The van der Waals surface area contributed by atoms with Crippen molar-refractivity contribution in [3.05, 3.63) is 111 Å². The molecule has 4 rings (SSSR count). The molecule has 0 atom stereocenters. The third kappa shape index (κ3) is 5.99. The summed E-state index contributed by atoms with van der Waals surface area (Å²) in [7, 11) is 0. The van der Waals surface area contributed by atoms with Crippen molar-refractivity contribution in [3.63, 3.8) is 0 Å². The Bertz CT molecular complexity index is 1360. The van der Waals surface area contributed by atoms with Crippen molar-refractivity contribution in [2.45, 2.75) is 26.6 Å². The fourth-order valence-electron chi connectivity index (χ4n) is 3.35. The molecule has 2 aromatic carbocycles. The number of aromatic nitrogens is 3. The SMILES string of the molecule is Cc1cc(C(=O)NCc2ccccn2)nn1Cc1cc(Cl)ccc1OCc1cc(F)c(F)cc1F. The minimum absolute atomic E-state index is 0.132. The first-order valence-electron chi connectivity index (χ1n) is 10.6. The molecule has 2 aromatic heterocycles. The van der Waals surface area contributed by atoms with Crippen molar-refractivity contribution in [2.75, 3.05) is 0 Å². The predicted molar refractivity (Wildman–Crippen MR) is 124 cm³/mol. The zero-order chi connectivity index (χ0) is 24.9. The number of ether oxygens (including phenoxy) is 1. The molecular weight excluding hydrogens is 481 g/mol. The van der Waals surface area contributed by atoms with E-state index in [1.54, 1.807) is 54.2 Å². The Balaban J connectivity index is 1.48. The van der Waals surface area contributed by atoms with Crippen molar-refractivity contribution < 1.29 is 22.7 Å². The molecule has 0 aliphatic rings. The summed E-state index contributed by atoms with van der Waals surface area (Å²) in [6.07, 6.45) is 1.64. The van der Waals surface area contributed by atoms with Gasteiger partial charge in [0.1, 0.15) is 23.9 Å². The predicted octanol–water partition coefficient (Wildman–Crippen LogP) is 5.21. The number of nitrogens with one attached hydrogen (secondary N) is 1. The van der Waals surface area contributed by atoms with Crippen LogP contribution < -0.4 is 10.1 Å². The molecule has 4 aromatic rings. The fraction of sp³-hybridized carbons (Fsp3) is 0.160. The molecule has 0 radical (unpaired) electrons. The van der Waals surface area contributed by atoms with Crippen LogP contribution in [-0.4, -0.2) is 20.7 Å². The van der Waals surface area contributed by atoms with E-state index in [4.69, 9.17) is 16.3 Å². The van der Waals surface area contributed by atoms with Crippen LogP contribution in [0.1, 0.15) is 33.0 Å². The number of amides is 1. The highest BCUT2D eigenvalue weighted by atomic mass is 35.5. The van der Waals surface area contributed by atoms with Gasteiger partial charge in [0.15, 0.2) is 11.6 Å². The first kappa shape index (κ1) is 24.3. The van der Waals surface area contributed by atoms with Gasteiger partial charge in [-0.1, -0.05) is 17.7 Å². The lowest BCUT2D eigenvalue weighted by Gasteiger charge is -2.14. The van der Waals surface area contributed by atoms with E-state index in [1.807, 2.05) is 6.07 Å². The Kier molecular flexibility index (Phi) is 7.36. The highest BCUT2D eigenvalue weighted by molar-refractivity contribution is 6.30. The van der Waals surface area contributed by atoms with E-state index >= 15 is 0 Å². The van der Waals surface area contributed by atoms with Gasteiger partial charge in [0, 0.05) is 34.1 Å². The topological polar surface area (TPSA) is 69.0 Å². The van der Waals surface area contributed by atoms with Crippen LogP contribution in [-0.2, 0) is 19.7 Å². The van der Waals surface area contributed by atoms with Crippen LogP contribution in [0.5, 0.6) is 5.75 Å². The first-order chi connectivity index (χ1) is 16.8. The van der Waals surface area contributed by atoms with E-state index in [2.05, 4.69) is 15.4 Å². The smallest absolute Gasteiger partial charge is 0.272 e. The molecule has 0 bridgehead atoms. The number of carbonyl (C=O) groups excluding carboxylic acids is 1. The lowest BCUT2D eigenvalue weighted by molar-refractivity contribution is 0.0944. The Morgan fingerprint density at radius 2 is 1.83 bits per heavy atom. The summed E-state index contributed by atoms with van der Waals surface area (Å²) >= 11 is 6.15. The average Bonchev–Trinajstić information content (AvgIpc) is 3.21. The lowest BCUT2D eigenvalue weighted by Crippen LogP contribution is -2.24. The van der Waals surface area contributed by atoms with Crippen LogP contribution in [0.4, 0.5) is 13.2 Å². The van der Waals surface area contributed by atoms with E-state index in [-0.39, 0.29) is 36.9 Å². The third-order valence-corrected chi connectivity index (χ3v) is 5.42. The highest BCUT2D eigenvalue weighted by Gasteiger charge is 2.16. The van der Waals surface area contributed by atoms with Crippen LogP contribution in [0.3, 0.4) is 0 Å². The van der Waals surface area contributed by atoms with Crippen LogP contribution in [0.25, 0.3) is 0 Å². The van der Waals surface area contributed by atoms with E-state index in [9.17, 15) is 18.0 Å². The number of nitrogens with zero attached hydrogens (tertiary/aromatic N) is 3. The highest BCUT2D eigenvalue weighted by Crippen LogP contribution is 2.26. The molecule has 0 aliphatic carbocycles. The molecule has 180 valence electrons. The van der Waals surface area contributed by atoms with Gasteiger partial charge in [0.2, 0.25) is 0 Å². The molecule has 1 N–H and O–H groups in total. The number of carbonyl (C=O) groups is 1. The molecular formula is C25H20ClF3N4O2. The van der Waals surface area contributed by atoms with E-state index < -0.39 is 17.5 Å². The number of halogens is 4.